The van der Waals surface area contributed by atoms with Crippen LogP contribution < -0.4 is 5.14 Å². The van der Waals surface area contributed by atoms with Crippen molar-refractivity contribution in [1.29, 1.82) is 0 Å². The Kier molecular flexibility index (Phi) is 2.92. The number of nitrogens with two attached hydrogens (primary N) is 1. The van der Waals surface area contributed by atoms with Crippen LogP contribution in [0.4, 0.5) is 0 Å². The molecular weight excluding hydrogens is 192 g/mol. The van der Waals surface area contributed by atoms with Gasteiger partial charge in [0.15, 0.2) is 0 Å². The Hall–Kier alpha value is -0.620. The molecule has 1 saturated heterocycles. The Balaban J connectivity index is 2.67. The molecule has 0 aliphatic carbocycles. The minimum atomic E-state index is -3.49. The van der Waals surface area contributed by atoms with E-state index in [0.29, 0.717) is 19.4 Å². The van der Waals surface area contributed by atoms with Crippen molar-refractivity contribution in [3.63, 3.8) is 0 Å². The van der Waals surface area contributed by atoms with Crippen molar-refractivity contribution in [3.05, 3.63) is 0 Å². The summed E-state index contributed by atoms with van der Waals surface area (Å²) >= 11 is 0. The van der Waals surface area contributed by atoms with Crippen LogP contribution in [0, 0.1) is 0 Å². The first-order chi connectivity index (χ1) is 5.91. The molecule has 2 N–H and O–H groups in total. The zero-order valence-electron chi connectivity index (χ0n) is 7.56. The number of amides is 1. The van der Waals surface area contributed by atoms with Gasteiger partial charge in [-0.05, 0) is 12.8 Å². The monoisotopic (exact) mass is 206 g/mol. The number of carbonyl (C=O) groups excluding carboxylic acids is 1. The fourth-order valence-corrected chi connectivity index (χ4v) is 2.38. The number of piperidine rings is 1. The molecule has 0 bridgehead atoms. The van der Waals surface area contributed by atoms with E-state index in [-0.39, 0.29) is 12.5 Å². The van der Waals surface area contributed by atoms with Crippen molar-refractivity contribution in [2.75, 3.05) is 13.1 Å². The number of likely N-dealkylation sites (tertiary alicyclic amines) is 1. The van der Waals surface area contributed by atoms with Crippen LogP contribution in [0.5, 0.6) is 0 Å². The molecule has 76 valence electrons. The Morgan fingerprint density at radius 2 is 2.15 bits per heavy atom. The number of rotatable bonds is 1. The summed E-state index contributed by atoms with van der Waals surface area (Å²) in [5.41, 5.74) is 0. The smallest absolute Gasteiger partial charge is 0.219 e. The maximum atomic E-state index is 11.0. The molecule has 1 rings (SSSR count). The summed E-state index contributed by atoms with van der Waals surface area (Å²) in [5, 5.41) is 4.43. The second-order valence-corrected chi connectivity index (χ2v) is 5.16. The lowest BCUT2D eigenvalue weighted by Crippen LogP contribution is -2.46. The lowest BCUT2D eigenvalue weighted by Gasteiger charge is -2.30. The molecule has 5 nitrogen and oxygen atoms in total. The van der Waals surface area contributed by atoms with Gasteiger partial charge < -0.3 is 4.90 Å². The fourth-order valence-electron chi connectivity index (χ4n) is 1.49. The largest absolute Gasteiger partial charge is 0.342 e. The van der Waals surface area contributed by atoms with Gasteiger partial charge in [0, 0.05) is 20.0 Å². The van der Waals surface area contributed by atoms with Gasteiger partial charge in [0.1, 0.15) is 0 Å². The summed E-state index contributed by atoms with van der Waals surface area (Å²) in [4.78, 5) is 12.5. The molecule has 0 aromatic rings. The highest BCUT2D eigenvalue weighted by molar-refractivity contribution is 7.89. The standard InChI is InChI=1S/C7H14N2O3S/c1-6(10)9-4-2-3-7(5-9)13(8,11)12/h7H,2-5H2,1H3,(H2,8,11,12)/t7-/m0/s1. The third kappa shape index (κ3) is 2.67. The van der Waals surface area contributed by atoms with Crippen LogP contribution in [-0.2, 0) is 14.8 Å². The van der Waals surface area contributed by atoms with Gasteiger partial charge in [0.2, 0.25) is 15.9 Å². The van der Waals surface area contributed by atoms with Gasteiger partial charge in [-0.1, -0.05) is 0 Å². The third-order valence-corrected chi connectivity index (χ3v) is 3.60. The van der Waals surface area contributed by atoms with Gasteiger partial charge in [-0.25, -0.2) is 13.6 Å². The van der Waals surface area contributed by atoms with Crippen LogP contribution in [0.25, 0.3) is 0 Å². The van der Waals surface area contributed by atoms with E-state index in [9.17, 15) is 13.2 Å². The van der Waals surface area contributed by atoms with Gasteiger partial charge in [-0.3, -0.25) is 4.79 Å². The van der Waals surface area contributed by atoms with Crippen LogP contribution in [0.3, 0.4) is 0 Å². The normalized spacial score (nSPS) is 24.5. The Morgan fingerprint density at radius 3 is 2.62 bits per heavy atom. The van der Waals surface area contributed by atoms with Crippen molar-refractivity contribution in [1.82, 2.24) is 4.90 Å². The maximum absolute atomic E-state index is 11.0. The van der Waals surface area contributed by atoms with E-state index in [1.807, 2.05) is 0 Å². The van der Waals surface area contributed by atoms with Crippen LogP contribution in [-0.4, -0.2) is 37.6 Å². The second kappa shape index (κ2) is 3.63. The van der Waals surface area contributed by atoms with Crippen molar-refractivity contribution in [3.8, 4) is 0 Å². The summed E-state index contributed by atoms with van der Waals surface area (Å²) in [6.45, 7) is 2.32. The number of hydrogen-bond acceptors (Lipinski definition) is 3. The summed E-state index contributed by atoms with van der Waals surface area (Å²) in [6.07, 6.45) is 1.27. The van der Waals surface area contributed by atoms with E-state index in [1.54, 1.807) is 0 Å². The number of carbonyl (C=O) groups is 1. The zero-order chi connectivity index (χ0) is 10.1. The zero-order valence-corrected chi connectivity index (χ0v) is 8.38. The first-order valence-electron chi connectivity index (χ1n) is 4.18. The number of sulfonamides is 1. The van der Waals surface area contributed by atoms with Crippen LogP contribution in [0.1, 0.15) is 19.8 Å². The van der Waals surface area contributed by atoms with Gasteiger partial charge in [0.05, 0.1) is 5.25 Å². The van der Waals surface area contributed by atoms with E-state index in [0.717, 1.165) is 0 Å². The minimum Gasteiger partial charge on any atom is -0.342 e. The molecular formula is C7H14N2O3S. The lowest BCUT2D eigenvalue weighted by atomic mass is 10.1. The third-order valence-electron chi connectivity index (χ3n) is 2.29. The molecule has 1 aliphatic rings. The molecule has 0 radical (unpaired) electrons. The molecule has 1 amide bonds. The molecule has 13 heavy (non-hydrogen) atoms. The molecule has 1 atom stereocenters. The summed E-state index contributed by atoms with van der Waals surface area (Å²) in [6, 6.07) is 0. The predicted molar refractivity (Wildman–Crippen MR) is 48.4 cm³/mol. The average molecular weight is 206 g/mol. The van der Waals surface area contributed by atoms with Crippen molar-refractivity contribution in [2.24, 2.45) is 5.14 Å². The van der Waals surface area contributed by atoms with Crippen molar-refractivity contribution >= 4 is 15.9 Å². The van der Waals surface area contributed by atoms with Gasteiger partial charge in [-0.15, -0.1) is 0 Å². The summed E-state index contributed by atoms with van der Waals surface area (Å²) in [7, 11) is -3.49. The Morgan fingerprint density at radius 1 is 1.54 bits per heavy atom. The molecule has 6 heteroatoms. The molecule has 0 aromatic carbocycles. The van der Waals surface area contributed by atoms with Crippen molar-refractivity contribution < 1.29 is 13.2 Å². The predicted octanol–water partition coefficient (Wildman–Crippen LogP) is -0.714. The van der Waals surface area contributed by atoms with Gasteiger partial charge >= 0.3 is 0 Å². The lowest BCUT2D eigenvalue weighted by molar-refractivity contribution is -0.129. The highest BCUT2D eigenvalue weighted by atomic mass is 32.2. The van der Waals surface area contributed by atoms with Crippen LogP contribution in [0.2, 0.25) is 0 Å². The topological polar surface area (TPSA) is 80.5 Å². The molecule has 0 spiro atoms. The molecule has 0 saturated carbocycles. The first kappa shape index (κ1) is 10.5. The first-order valence-corrected chi connectivity index (χ1v) is 5.79. The SMILES string of the molecule is CC(=O)N1CCC[C@H](S(N)(=O)=O)C1. The van der Waals surface area contributed by atoms with Crippen LogP contribution in [0.15, 0.2) is 0 Å². The summed E-state index contributed by atoms with van der Waals surface area (Å²) in [5.74, 6) is -0.0895. The number of nitrogens with zero attached hydrogens (tertiary/aromatic N) is 1. The van der Waals surface area contributed by atoms with Gasteiger partial charge in [-0.2, -0.15) is 0 Å². The molecule has 1 aliphatic heterocycles. The molecule has 0 aromatic heterocycles. The fraction of sp³-hybridized carbons (Fsp3) is 0.857. The maximum Gasteiger partial charge on any atom is 0.219 e. The van der Waals surface area contributed by atoms with Gasteiger partial charge in [0.25, 0.3) is 0 Å². The minimum absolute atomic E-state index is 0.0895. The Labute approximate surface area is 77.9 Å². The Bertz CT molecular complexity index is 299. The van der Waals surface area contributed by atoms with E-state index in [1.165, 1.54) is 11.8 Å². The highest BCUT2D eigenvalue weighted by Gasteiger charge is 2.28. The summed E-state index contributed by atoms with van der Waals surface area (Å²) < 4.78 is 22.0. The molecule has 0 unspecified atom stereocenters. The van der Waals surface area contributed by atoms with E-state index in [2.05, 4.69) is 0 Å². The van der Waals surface area contributed by atoms with E-state index in [4.69, 9.17) is 5.14 Å². The number of primary sulfonamides is 1. The number of hydrogen-bond donors (Lipinski definition) is 1. The van der Waals surface area contributed by atoms with Crippen molar-refractivity contribution in [2.45, 2.75) is 25.0 Å². The van der Waals surface area contributed by atoms with E-state index >= 15 is 0 Å². The highest BCUT2D eigenvalue weighted by Crippen LogP contribution is 2.14. The average Bonchev–Trinajstić information content (AvgIpc) is 2.03. The van der Waals surface area contributed by atoms with Crippen LogP contribution >= 0.6 is 0 Å². The second-order valence-electron chi connectivity index (χ2n) is 3.32. The van der Waals surface area contributed by atoms with E-state index < -0.39 is 15.3 Å². The molecule has 1 heterocycles. The molecule has 1 fully saturated rings. The quantitative estimate of drug-likeness (QED) is 0.615.